The minimum Gasteiger partial charge on any atom is -0.508 e. The number of phenols is 1. The summed E-state index contributed by atoms with van der Waals surface area (Å²) in [6.45, 7) is 6.31. The van der Waals surface area contributed by atoms with Gasteiger partial charge in [-0.15, -0.1) is 0 Å². The summed E-state index contributed by atoms with van der Waals surface area (Å²) in [6, 6.07) is 10.2. The molecule has 0 spiro atoms. The van der Waals surface area contributed by atoms with E-state index in [1.165, 1.54) is 24.3 Å². The summed E-state index contributed by atoms with van der Waals surface area (Å²) < 4.78 is 5.23. The van der Waals surface area contributed by atoms with Gasteiger partial charge in [0.15, 0.2) is 0 Å². The van der Waals surface area contributed by atoms with Crippen LogP contribution >= 0.6 is 24.2 Å². The summed E-state index contributed by atoms with van der Waals surface area (Å²) in [7, 11) is 0. The Bertz CT molecular complexity index is 1120. The molecule has 9 nitrogen and oxygen atoms in total. The highest BCUT2D eigenvalue weighted by atomic mass is 35.5. The number of phenolic OH excluding ortho intramolecular Hbond substituents is 1. The maximum Gasteiger partial charge on any atom is 0.408 e. The summed E-state index contributed by atoms with van der Waals surface area (Å²) in [6.07, 6.45) is -0.843. The molecule has 2 atom stereocenters. The molecule has 0 aliphatic heterocycles. The largest absolute Gasteiger partial charge is 0.508 e. The number of ether oxygens (including phenoxy) is 1. The zero-order valence-corrected chi connectivity index (χ0v) is 22.1. The predicted octanol–water partition coefficient (Wildman–Crippen LogP) is 4.21. The molecular weight excluding hydrogens is 504 g/mol. The normalized spacial score (nSPS) is 12.6. The summed E-state index contributed by atoms with van der Waals surface area (Å²) in [5.74, 6) is -1.52. The van der Waals surface area contributed by atoms with Gasteiger partial charge in [0.05, 0.1) is 16.8 Å². The number of thiol groups is 1. The summed E-state index contributed by atoms with van der Waals surface area (Å²) in [4.78, 5) is 40.5. The smallest absolute Gasteiger partial charge is 0.408 e. The minimum atomic E-state index is -1.30. The van der Waals surface area contributed by atoms with Crippen molar-refractivity contribution in [3.8, 4) is 11.8 Å². The zero-order valence-electron chi connectivity index (χ0n) is 20.4. The molecule has 0 saturated heterocycles. The van der Waals surface area contributed by atoms with Crippen molar-refractivity contribution < 1.29 is 24.2 Å². The number of amides is 3. The molecule has 192 valence electrons. The molecular formula is C25H29ClN4O5S. The Hall–Kier alpha value is -3.42. The molecule has 3 amide bonds. The van der Waals surface area contributed by atoms with Crippen LogP contribution in [0.3, 0.4) is 0 Å². The van der Waals surface area contributed by atoms with Crippen LogP contribution in [0.1, 0.15) is 37.9 Å². The van der Waals surface area contributed by atoms with Gasteiger partial charge in [-0.05, 0) is 57.0 Å². The number of hydrogen-bond donors (Lipinski definition) is 4. The number of rotatable bonds is 8. The number of alkyl carbamates (subject to hydrolysis) is 1. The molecule has 0 heterocycles. The Morgan fingerprint density at radius 2 is 1.83 bits per heavy atom. The number of hydrogen-bond acceptors (Lipinski definition) is 7. The fourth-order valence-corrected chi connectivity index (χ4v) is 3.84. The van der Waals surface area contributed by atoms with Crippen molar-refractivity contribution in [2.24, 2.45) is 0 Å². The first-order chi connectivity index (χ1) is 16.9. The van der Waals surface area contributed by atoms with Crippen LogP contribution in [0.4, 0.5) is 10.5 Å². The zero-order chi connectivity index (χ0) is 27.0. The van der Waals surface area contributed by atoms with Crippen molar-refractivity contribution in [1.82, 2.24) is 10.2 Å². The van der Waals surface area contributed by atoms with Gasteiger partial charge in [0.2, 0.25) is 5.91 Å². The number of anilines is 1. The van der Waals surface area contributed by atoms with Gasteiger partial charge in [-0.25, -0.2) is 4.79 Å². The summed E-state index contributed by atoms with van der Waals surface area (Å²) in [5.41, 5.74) is 0.573. The summed E-state index contributed by atoms with van der Waals surface area (Å²) >= 11 is 10.5. The predicted molar refractivity (Wildman–Crippen MR) is 140 cm³/mol. The number of nitrogens with zero attached hydrogens (tertiary/aromatic N) is 2. The fraction of sp³-hybridized carbons (Fsp3) is 0.360. The van der Waals surface area contributed by atoms with Crippen LogP contribution in [0.25, 0.3) is 0 Å². The first-order valence-electron chi connectivity index (χ1n) is 11.0. The highest BCUT2D eigenvalue weighted by Gasteiger charge is 2.36. The van der Waals surface area contributed by atoms with Crippen LogP contribution in [0.15, 0.2) is 42.5 Å². The van der Waals surface area contributed by atoms with E-state index in [2.05, 4.69) is 23.3 Å². The van der Waals surface area contributed by atoms with Gasteiger partial charge in [0.1, 0.15) is 30.0 Å². The number of nitriles is 1. The second kappa shape index (κ2) is 12.5. The van der Waals surface area contributed by atoms with Crippen LogP contribution in [0.2, 0.25) is 5.02 Å². The molecule has 11 heteroatoms. The van der Waals surface area contributed by atoms with Crippen LogP contribution in [-0.2, 0) is 14.3 Å². The van der Waals surface area contributed by atoms with Gasteiger partial charge in [-0.3, -0.25) is 9.59 Å². The monoisotopic (exact) mass is 532 g/mol. The average molecular weight is 533 g/mol. The lowest BCUT2D eigenvalue weighted by Gasteiger charge is -2.32. The molecule has 0 radical (unpaired) electrons. The first-order valence-corrected chi connectivity index (χ1v) is 12.0. The molecule has 0 aromatic heterocycles. The molecule has 2 rings (SSSR count). The van der Waals surface area contributed by atoms with Crippen molar-refractivity contribution in [2.45, 2.75) is 45.4 Å². The van der Waals surface area contributed by atoms with E-state index in [0.29, 0.717) is 21.8 Å². The Morgan fingerprint density at radius 1 is 1.19 bits per heavy atom. The Kier molecular flexibility index (Phi) is 10.0. The van der Waals surface area contributed by atoms with Crippen molar-refractivity contribution in [3.63, 3.8) is 0 Å². The van der Waals surface area contributed by atoms with E-state index in [-0.39, 0.29) is 11.5 Å². The maximum absolute atomic E-state index is 13.6. The van der Waals surface area contributed by atoms with Crippen LogP contribution in [-0.4, -0.2) is 51.9 Å². The van der Waals surface area contributed by atoms with Crippen LogP contribution in [0, 0.1) is 18.3 Å². The molecule has 0 saturated carbocycles. The number of aromatic hydroxyl groups is 1. The Morgan fingerprint density at radius 3 is 2.36 bits per heavy atom. The first kappa shape index (κ1) is 28.8. The number of benzene rings is 2. The summed E-state index contributed by atoms with van der Waals surface area (Å²) in [5, 5.41) is 24.7. The second-order valence-corrected chi connectivity index (χ2v) is 9.69. The van der Waals surface area contributed by atoms with E-state index in [0.717, 1.165) is 4.90 Å². The van der Waals surface area contributed by atoms with E-state index in [1.54, 1.807) is 45.9 Å². The Balaban J connectivity index is 2.48. The number of aryl methyl sites for hydroxylation is 1. The van der Waals surface area contributed by atoms with E-state index in [1.807, 2.05) is 6.07 Å². The molecule has 2 aromatic carbocycles. The number of nitrogens with one attached hydrogen (secondary N) is 2. The number of halogens is 1. The molecule has 0 bridgehead atoms. The van der Waals surface area contributed by atoms with Gasteiger partial charge in [-0.1, -0.05) is 35.9 Å². The Labute approximate surface area is 220 Å². The number of carbonyl (C=O) groups excluding carboxylic acids is 3. The van der Waals surface area contributed by atoms with Crippen LogP contribution < -0.4 is 10.6 Å². The fourth-order valence-electron chi connectivity index (χ4n) is 3.32. The molecule has 0 aliphatic carbocycles. The molecule has 3 N–H and O–H groups in total. The molecule has 0 fully saturated rings. The maximum atomic E-state index is 13.6. The second-order valence-electron chi connectivity index (χ2n) is 8.92. The topological polar surface area (TPSA) is 132 Å². The molecule has 2 unspecified atom stereocenters. The molecule has 2 aromatic rings. The van der Waals surface area contributed by atoms with Crippen molar-refractivity contribution >= 4 is 47.8 Å². The molecule has 0 aliphatic rings. The van der Waals surface area contributed by atoms with E-state index in [4.69, 9.17) is 16.3 Å². The third kappa shape index (κ3) is 7.80. The van der Waals surface area contributed by atoms with Gasteiger partial charge in [-0.2, -0.15) is 17.9 Å². The highest BCUT2D eigenvalue weighted by Crippen LogP contribution is 2.30. The number of para-hydroxylation sites is 1. The van der Waals surface area contributed by atoms with Gasteiger partial charge in [0.25, 0.3) is 5.91 Å². The minimum absolute atomic E-state index is 0.0437. The van der Waals surface area contributed by atoms with Crippen LogP contribution in [0.5, 0.6) is 5.75 Å². The van der Waals surface area contributed by atoms with E-state index >= 15 is 0 Å². The average Bonchev–Trinajstić information content (AvgIpc) is 2.79. The van der Waals surface area contributed by atoms with Gasteiger partial charge >= 0.3 is 6.09 Å². The lowest BCUT2D eigenvalue weighted by Crippen LogP contribution is -2.53. The van der Waals surface area contributed by atoms with Gasteiger partial charge < -0.3 is 25.4 Å². The van der Waals surface area contributed by atoms with Crippen molar-refractivity contribution in [1.29, 1.82) is 5.26 Å². The lowest BCUT2D eigenvalue weighted by molar-refractivity contribution is -0.139. The van der Waals surface area contributed by atoms with E-state index < -0.39 is 42.1 Å². The number of carbonyl (C=O) groups is 3. The third-order valence-corrected chi connectivity index (χ3v) is 5.61. The lowest BCUT2D eigenvalue weighted by atomic mass is 10.0. The quantitative estimate of drug-likeness (QED) is 0.297. The standard InChI is InChI=1S/C25H29ClN4O5S/c1-15-6-5-7-18(26)20(15)29-22(32)21(16-8-10-17(31)11-9-16)30(13-12-27)23(33)19(14-36)28-24(34)35-25(2,3)4/h5-11,19,21,31,36H,13-14H2,1-4H3,(H,28,34)(H,29,32). The van der Waals surface area contributed by atoms with E-state index in [9.17, 15) is 24.8 Å². The SMILES string of the molecule is Cc1cccc(Cl)c1NC(=O)C(c1ccc(O)cc1)N(CC#N)C(=O)C(CS)NC(=O)OC(C)(C)C. The third-order valence-electron chi connectivity index (χ3n) is 4.93. The van der Waals surface area contributed by atoms with Crippen molar-refractivity contribution in [3.05, 3.63) is 58.6 Å². The highest BCUT2D eigenvalue weighted by molar-refractivity contribution is 7.80. The molecule has 36 heavy (non-hydrogen) atoms. The van der Waals surface area contributed by atoms with Gasteiger partial charge in [0, 0.05) is 5.75 Å². The van der Waals surface area contributed by atoms with Crippen molar-refractivity contribution in [2.75, 3.05) is 17.6 Å².